The second-order valence-corrected chi connectivity index (χ2v) is 7.66. The molecule has 3 rings (SSSR count). The lowest BCUT2D eigenvalue weighted by atomic mass is 9.97. The summed E-state index contributed by atoms with van der Waals surface area (Å²) in [5, 5.41) is 0. The first kappa shape index (κ1) is 22.7. The largest absolute Gasteiger partial charge is 0.462 e. The molecule has 4 heteroatoms. The molecule has 2 nitrogen and oxygen atoms in total. The molecule has 0 spiro atoms. The van der Waals surface area contributed by atoms with E-state index in [-0.39, 0.29) is 11.1 Å². The Balaban J connectivity index is 1.80. The lowest BCUT2D eigenvalue weighted by Crippen LogP contribution is -2.05. The Morgan fingerprint density at radius 1 is 0.742 bits per heavy atom. The molecule has 0 aliphatic carbocycles. The van der Waals surface area contributed by atoms with E-state index in [0.29, 0.717) is 23.3 Å². The quantitative estimate of drug-likeness (QED) is 0.262. The second kappa shape index (κ2) is 10.9. The maximum atomic E-state index is 14.9. The van der Waals surface area contributed by atoms with Crippen molar-refractivity contribution in [1.82, 2.24) is 0 Å². The molecule has 31 heavy (non-hydrogen) atoms. The van der Waals surface area contributed by atoms with Gasteiger partial charge in [0.05, 0.1) is 12.2 Å². The van der Waals surface area contributed by atoms with Crippen molar-refractivity contribution in [2.24, 2.45) is 0 Å². The molecule has 0 N–H and O–H groups in total. The van der Waals surface area contributed by atoms with E-state index in [1.54, 1.807) is 36.4 Å². The molecule has 3 aromatic rings. The Bertz CT molecular complexity index is 1010. The minimum absolute atomic E-state index is 0.158. The molecule has 0 radical (unpaired) electrons. The van der Waals surface area contributed by atoms with Crippen LogP contribution in [-0.4, -0.2) is 12.6 Å². The van der Waals surface area contributed by atoms with Crippen molar-refractivity contribution in [3.8, 4) is 22.3 Å². The van der Waals surface area contributed by atoms with Crippen LogP contribution < -0.4 is 0 Å². The summed E-state index contributed by atoms with van der Waals surface area (Å²) in [6, 6.07) is 17.2. The summed E-state index contributed by atoms with van der Waals surface area (Å²) in [6.07, 6.45) is 5.21. The molecule has 0 amide bonds. The number of rotatable bonds is 9. The van der Waals surface area contributed by atoms with E-state index >= 15 is 0 Å². The van der Waals surface area contributed by atoms with Crippen LogP contribution in [0.1, 0.15) is 55.5 Å². The molecule has 0 atom stereocenters. The van der Waals surface area contributed by atoms with Gasteiger partial charge < -0.3 is 4.74 Å². The number of esters is 1. The summed E-state index contributed by atoms with van der Waals surface area (Å²) in [6.45, 7) is 4.43. The molecule has 162 valence electrons. The van der Waals surface area contributed by atoms with E-state index in [0.717, 1.165) is 19.3 Å². The highest BCUT2D eigenvalue weighted by Gasteiger charge is 2.16. The maximum absolute atomic E-state index is 14.9. The number of benzene rings is 3. The average molecular weight is 423 g/mol. The van der Waals surface area contributed by atoms with Crippen molar-refractivity contribution < 1.29 is 18.3 Å². The third-order valence-corrected chi connectivity index (χ3v) is 5.29. The van der Waals surface area contributed by atoms with Crippen molar-refractivity contribution >= 4 is 5.97 Å². The molecule has 0 fully saturated rings. The Labute approximate surface area is 182 Å². The van der Waals surface area contributed by atoms with E-state index in [1.165, 1.54) is 18.4 Å². The second-order valence-electron chi connectivity index (χ2n) is 7.66. The third kappa shape index (κ3) is 5.57. The van der Waals surface area contributed by atoms with Crippen LogP contribution in [0.5, 0.6) is 0 Å². The lowest BCUT2D eigenvalue weighted by molar-refractivity contribution is 0.0505. The number of unbranched alkanes of at least 4 members (excludes halogenated alkanes) is 2. The van der Waals surface area contributed by atoms with Gasteiger partial charge in [-0.15, -0.1) is 0 Å². The summed E-state index contributed by atoms with van der Waals surface area (Å²) < 4.78 is 34.9. The molecule has 0 saturated heterocycles. The van der Waals surface area contributed by atoms with E-state index in [2.05, 4.69) is 6.92 Å². The molecule has 0 aliphatic heterocycles. The van der Waals surface area contributed by atoms with Gasteiger partial charge in [-0.1, -0.05) is 75.2 Å². The van der Waals surface area contributed by atoms with Gasteiger partial charge in [0.2, 0.25) is 0 Å². The Morgan fingerprint density at radius 3 is 1.81 bits per heavy atom. The van der Waals surface area contributed by atoms with Gasteiger partial charge in [-0.25, -0.2) is 13.6 Å². The highest BCUT2D eigenvalue weighted by molar-refractivity contribution is 5.90. The third-order valence-electron chi connectivity index (χ3n) is 5.29. The molecule has 0 aliphatic rings. The molecular formula is C27H28F2O2. The highest BCUT2D eigenvalue weighted by atomic mass is 19.2. The molecule has 0 unspecified atom stereocenters. The SMILES string of the molecule is CCCCCc1ccc(-c2ccc(-c3ccc(C(=O)OCCC)cc3)c(F)c2F)cc1. The number of hydrogen-bond acceptors (Lipinski definition) is 2. The summed E-state index contributed by atoms with van der Waals surface area (Å²) >= 11 is 0. The van der Waals surface area contributed by atoms with Crippen LogP contribution in [0, 0.1) is 11.6 Å². The normalized spacial score (nSPS) is 10.8. The van der Waals surface area contributed by atoms with Gasteiger partial charge in [0.1, 0.15) is 0 Å². The smallest absolute Gasteiger partial charge is 0.338 e. The van der Waals surface area contributed by atoms with Gasteiger partial charge in [0.25, 0.3) is 0 Å². The van der Waals surface area contributed by atoms with Gasteiger partial charge >= 0.3 is 5.97 Å². The van der Waals surface area contributed by atoms with Crippen LogP contribution in [-0.2, 0) is 11.2 Å². The zero-order valence-electron chi connectivity index (χ0n) is 18.1. The Hall–Kier alpha value is -3.01. The summed E-state index contributed by atoms with van der Waals surface area (Å²) in [4.78, 5) is 11.9. The van der Waals surface area contributed by atoms with Crippen LogP contribution in [0.15, 0.2) is 60.7 Å². The first-order valence-corrected chi connectivity index (χ1v) is 10.9. The first-order valence-electron chi connectivity index (χ1n) is 10.9. The predicted molar refractivity (Wildman–Crippen MR) is 121 cm³/mol. The maximum Gasteiger partial charge on any atom is 0.338 e. The summed E-state index contributed by atoms with van der Waals surface area (Å²) in [5.74, 6) is -2.19. The molecule has 0 bridgehead atoms. The summed E-state index contributed by atoms with van der Waals surface area (Å²) in [7, 11) is 0. The monoisotopic (exact) mass is 422 g/mol. The van der Waals surface area contributed by atoms with E-state index < -0.39 is 17.6 Å². The topological polar surface area (TPSA) is 26.3 Å². The van der Waals surface area contributed by atoms with Crippen molar-refractivity contribution in [2.45, 2.75) is 46.0 Å². The van der Waals surface area contributed by atoms with Crippen molar-refractivity contribution in [3.63, 3.8) is 0 Å². The fraction of sp³-hybridized carbons (Fsp3) is 0.296. The van der Waals surface area contributed by atoms with Gasteiger partial charge in [-0.3, -0.25) is 0 Å². The van der Waals surface area contributed by atoms with Crippen molar-refractivity contribution in [3.05, 3.63) is 83.4 Å². The molecule has 0 saturated carbocycles. The Kier molecular flexibility index (Phi) is 7.94. The zero-order valence-corrected chi connectivity index (χ0v) is 18.1. The molecule has 0 heterocycles. The van der Waals surface area contributed by atoms with Crippen molar-refractivity contribution in [2.75, 3.05) is 6.61 Å². The highest BCUT2D eigenvalue weighted by Crippen LogP contribution is 2.32. The first-order chi connectivity index (χ1) is 15.0. The van der Waals surface area contributed by atoms with Gasteiger partial charge in [0.15, 0.2) is 11.6 Å². The standard InChI is InChI=1S/C27H28F2O2/c1-3-5-6-7-19-8-10-20(11-9-19)23-16-17-24(26(29)25(23)28)21-12-14-22(15-13-21)27(30)31-18-4-2/h8-17H,3-7,18H2,1-2H3. The van der Waals surface area contributed by atoms with Crippen LogP contribution >= 0.6 is 0 Å². The molecular weight excluding hydrogens is 394 g/mol. The molecule has 3 aromatic carbocycles. The number of ether oxygens (including phenoxy) is 1. The number of aryl methyl sites for hydroxylation is 1. The minimum Gasteiger partial charge on any atom is -0.462 e. The van der Waals surface area contributed by atoms with Crippen molar-refractivity contribution in [1.29, 1.82) is 0 Å². The number of halogens is 2. The van der Waals surface area contributed by atoms with Gasteiger partial charge in [-0.05, 0) is 48.1 Å². The fourth-order valence-corrected chi connectivity index (χ4v) is 3.49. The van der Waals surface area contributed by atoms with Crippen LogP contribution in [0.2, 0.25) is 0 Å². The lowest BCUT2D eigenvalue weighted by Gasteiger charge is -2.10. The molecule has 0 aromatic heterocycles. The Morgan fingerprint density at radius 2 is 1.29 bits per heavy atom. The zero-order chi connectivity index (χ0) is 22.2. The average Bonchev–Trinajstić information content (AvgIpc) is 2.80. The summed E-state index contributed by atoms with van der Waals surface area (Å²) in [5.41, 5.74) is 3.13. The van der Waals surface area contributed by atoms with E-state index in [4.69, 9.17) is 4.74 Å². The fourth-order valence-electron chi connectivity index (χ4n) is 3.49. The van der Waals surface area contributed by atoms with Crippen LogP contribution in [0.25, 0.3) is 22.3 Å². The van der Waals surface area contributed by atoms with Gasteiger partial charge in [-0.2, -0.15) is 0 Å². The minimum atomic E-state index is -0.897. The van der Waals surface area contributed by atoms with Crippen LogP contribution in [0.4, 0.5) is 8.78 Å². The predicted octanol–water partition coefficient (Wildman–Crippen LogP) is 7.60. The number of hydrogen-bond donors (Lipinski definition) is 0. The van der Waals surface area contributed by atoms with E-state index in [9.17, 15) is 13.6 Å². The van der Waals surface area contributed by atoms with Gasteiger partial charge in [0, 0.05) is 11.1 Å². The number of carbonyl (C=O) groups excluding carboxylic acids is 1. The number of carbonyl (C=O) groups is 1. The van der Waals surface area contributed by atoms with E-state index in [1.807, 2.05) is 31.2 Å². The van der Waals surface area contributed by atoms with Crippen LogP contribution in [0.3, 0.4) is 0 Å².